The molecule has 0 unspecified atom stereocenters. The Hall–Kier alpha value is -2.93. The Bertz CT molecular complexity index is 859. The fraction of sp³-hybridized carbons (Fsp3) is 0.176. The van der Waals surface area contributed by atoms with Gasteiger partial charge in [0.1, 0.15) is 5.75 Å². The highest BCUT2D eigenvalue weighted by molar-refractivity contribution is 6.31. The number of nitrogens with one attached hydrogen (secondary N) is 2. The molecule has 0 saturated heterocycles. The van der Waals surface area contributed by atoms with Gasteiger partial charge in [-0.25, -0.2) is 0 Å². The monoisotopic (exact) mass is 356 g/mol. The highest BCUT2D eigenvalue weighted by Gasteiger charge is 2.09. The molecule has 25 heavy (non-hydrogen) atoms. The minimum atomic E-state index is 0.353. The molecule has 0 amide bonds. The van der Waals surface area contributed by atoms with Crippen molar-refractivity contribution < 1.29 is 4.74 Å². The van der Waals surface area contributed by atoms with Crippen molar-refractivity contribution >= 4 is 29.1 Å². The van der Waals surface area contributed by atoms with Crippen LogP contribution in [0, 0.1) is 6.92 Å². The summed E-state index contributed by atoms with van der Waals surface area (Å²) in [5, 5.41) is 14.9. The quantitative estimate of drug-likeness (QED) is 0.698. The second-order valence-corrected chi connectivity index (χ2v) is 5.67. The van der Waals surface area contributed by atoms with Crippen LogP contribution in [0.25, 0.3) is 0 Å². The molecular weight excluding hydrogens is 340 g/mol. The zero-order valence-corrected chi connectivity index (χ0v) is 14.6. The maximum absolute atomic E-state index is 6.12. The Labute approximate surface area is 150 Å². The van der Waals surface area contributed by atoms with Crippen molar-refractivity contribution in [3.63, 3.8) is 0 Å². The molecule has 2 aromatic heterocycles. The van der Waals surface area contributed by atoms with Gasteiger partial charge in [0.25, 0.3) is 0 Å². The summed E-state index contributed by atoms with van der Waals surface area (Å²) in [6.45, 7) is 2.46. The summed E-state index contributed by atoms with van der Waals surface area (Å²) in [6.07, 6.45) is 3.30. The largest absolute Gasteiger partial charge is 0.495 e. The summed E-state index contributed by atoms with van der Waals surface area (Å²) >= 11 is 6.12. The molecule has 2 N–H and O–H groups in total. The molecule has 0 saturated carbocycles. The molecule has 0 aliphatic rings. The van der Waals surface area contributed by atoms with E-state index in [-0.39, 0.29) is 0 Å². The summed E-state index contributed by atoms with van der Waals surface area (Å²) in [7, 11) is 1.58. The minimum Gasteiger partial charge on any atom is -0.495 e. The summed E-state index contributed by atoms with van der Waals surface area (Å²) in [4.78, 5) is 8.65. The average Bonchev–Trinajstić information content (AvgIpc) is 2.64. The van der Waals surface area contributed by atoms with E-state index in [1.54, 1.807) is 25.6 Å². The van der Waals surface area contributed by atoms with Crippen molar-refractivity contribution in [2.75, 3.05) is 17.7 Å². The van der Waals surface area contributed by atoms with E-state index in [1.165, 1.54) is 0 Å². The van der Waals surface area contributed by atoms with Crippen LogP contribution in [0.15, 0.2) is 42.7 Å². The highest BCUT2D eigenvalue weighted by Crippen LogP contribution is 2.32. The Morgan fingerprint density at radius 3 is 2.88 bits per heavy atom. The maximum atomic E-state index is 6.12. The number of aryl methyl sites for hydroxylation is 1. The Morgan fingerprint density at radius 1 is 1.24 bits per heavy atom. The van der Waals surface area contributed by atoms with Gasteiger partial charge in [-0.15, -0.1) is 5.10 Å². The molecule has 2 heterocycles. The van der Waals surface area contributed by atoms with Crippen LogP contribution >= 0.6 is 11.6 Å². The van der Waals surface area contributed by atoms with E-state index in [4.69, 9.17) is 16.3 Å². The first-order valence-corrected chi connectivity index (χ1v) is 7.98. The number of benzene rings is 1. The SMILES string of the molecule is COc1cc(Cl)c(C)cc1Nc1nncc(NCc2ccccn2)n1. The van der Waals surface area contributed by atoms with Gasteiger partial charge in [-0.2, -0.15) is 10.1 Å². The molecule has 0 radical (unpaired) electrons. The smallest absolute Gasteiger partial charge is 0.249 e. The van der Waals surface area contributed by atoms with Crippen LogP contribution in [0.5, 0.6) is 5.75 Å². The standard InChI is InChI=1S/C17H17ClN6O/c1-11-7-14(15(25-2)8-13(11)18)22-17-23-16(10-21-24-17)20-9-12-5-3-4-6-19-12/h3-8,10H,9H2,1-2H3,(H2,20,22,23,24). The van der Waals surface area contributed by atoms with Crippen LogP contribution in [0.2, 0.25) is 5.02 Å². The van der Waals surface area contributed by atoms with Crippen molar-refractivity contribution in [3.8, 4) is 5.75 Å². The van der Waals surface area contributed by atoms with E-state index in [9.17, 15) is 0 Å². The van der Waals surface area contributed by atoms with Crippen molar-refractivity contribution in [1.82, 2.24) is 20.2 Å². The van der Waals surface area contributed by atoms with Gasteiger partial charge < -0.3 is 15.4 Å². The second-order valence-electron chi connectivity index (χ2n) is 5.27. The number of anilines is 3. The molecule has 3 rings (SSSR count). The second kappa shape index (κ2) is 7.76. The van der Waals surface area contributed by atoms with Crippen LogP contribution < -0.4 is 15.4 Å². The van der Waals surface area contributed by atoms with Crippen LogP contribution in [0.3, 0.4) is 0 Å². The van der Waals surface area contributed by atoms with Gasteiger partial charge in [0.15, 0.2) is 5.82 Å². The predicted octanol–water partition coefficient (Wildman–Crippen LogP) is 3.59. The van der Waals surface area contributed by atoms with E-state index in [0.717, 1.165) is 11.3 Å². The van der Waals surface area contributed by atoms with Crippen LogP contribution in [0.1, 0.15) is 11.3 Å². The maximum Gasteiger partial charge on any atom is 0.249 e. The lowest BCUT2D eigenvalue weighted by Gasteiger charge is -2.12. The van der Waals surface area contributed by atoms with Crippen LogP contribution in [-0.2, 0) is 6.54 Å². The number of hydrogen-bond acceptors (Lipinski definition) is 7. The lowest BCUT2D eigenvalue weighted by Crippen LogP contribution is -2.07. The van der Waals surface area contributed by atoms with Crippen LogP contribution in [-0.4, -0.2) is 27.3 Å². The van der Waals surface area contributed by atoms with Gasteiger partial charge >= 0.3 is 0 Å². The molecule has 0 atom stereocenters. The lowest BCUT2D eigenvalue weighted by atomic mass is 10.2. The summed E-state index contributed by atoms with van der Waals surface area (Å²) in [5.41, 5.74) is 2.54. The molecule has 3 aromatic rings. The third-order valence-corrected chi connectivity index (χ3v) is 3.87. The van der Waals surface area contributed by atoms with Gasteiger partial charge in [-0.1, -0.05) is 17.7 Å². The molecule has 0 spiro atoms. The van der Waals surface area contributed by atoms with E-state index in [0.29, 0.717) is 34.8 Å². The first-order valence-electron chi connectivity index (χ1n) is 7.60. The Balaban J connectivity index is 1.75. The molecular formula is C17H17ClN6O. The zero-order chi connectivity index (χ0) is 17.6. The van der Waals surface area contributed by atoms with Crippen molar-refractivity contribution in [1.29, 1.82) is 0 Å². The van der Waals surface area contributed by atoms with E-state index < -0.39 is 0 Å². The molecule has 0 bridgehead atoms. The van der Waals surface area contributed by atoms with E-state index >= 15 is 0 Å². The highest BCUT2D eigenvalue weighted by atomic mass is 35.5. The number of pyridine rings is 1. The lowest BCUT2D eigenvalue weighted by molar-refractivity contribution is 0.416. The van der Waals surface area contributed by atoms with Crippen molar-refractivity contribution in [2.45, 2.75) is 13.5 Å². The summed E-state index contributed by atoms with van der Waals surface area (Å²) in [6, 6.07) is 9.36. The number of hydrogen-bond donors (Lipinski definition) is 2. The van der Waals surface area contributed by atoms with Crippen molar-refractivity contribution in [2.24, 2.45) is 0 Å². The molecule has 1 aromatic carbocycles. The number of aromatic nitrogens is 4. The van der Waals surface area contributed by atoms with E-state index in [1.807, 2.05) is 31.2 Å². The fourth-order valence-corrected chi connectivity index (χ4v) is 2.33. The third kappa shape index (κ3) is 4.33. The topological polar surface area (TPSA) is 84.9 Å². The van der Waals surface area contributed by atoms with Crippen molar-refractivity contribution in [3.05, 3.63) is 59.0 Å². The summed E-state index contributed by atoms with van der Waals surface area (Å²) in [5.74, 6) is 1.55. The van der Waals surface area contributed by atoms with E-state index in [2.05, 4.69) is 30.8 Å². The number of rotatable bonds is 6. The first kappa shape index (κ1) is 16.9. The third-order valence-electron chi connectivity index (χ3n) is 3.46. The molecule has 7 nitrogen and oxygen atoms in total. The minimum absolute atomic E-state index is 0.353. The molecule has 8 heteroatoms. The van der Waals surface area contributed by atoms with Gasteiger partial charge in [-0.05, 0) is 30.7 Å². The zero-order valence-electron chi connectivity index (χ0n) is 13.8. The molecule has 0 aliphatic heterocycles. The number of methoxy groups -OCH3 is 1. The average molecular weight is 357 g/mol. The Kier molecular flexibility index (Phi) is 5.25. The van der Waals surface area contributed by atoms with Gasteiger partial charge in [-0.3, -0.25) is 4.98 Å². The van der Waals surface area contributed by atoms with Gasteiger partial charge in [0, 0.05) is 17.3 Å². The number of halogens is 1. The molecule has 0 fully saturated rings. The predicted molar refractivity (Wildman–Crippen MR) is 97.4 cm³/mol. The normalized spacial score (nSPS) is 10.4. The van der Waals surface area contributed by atoms with Crippen LogP contribution in [0.4, 0.5) is 17.5 Å². The Morgan fingerprint density at radius 2 is 2.12 bits per heavy atom. The number of ether oxygens (including phenoxy) is 1. The summed E-state index contributed by atoms with van der Waals surface area (Å²) < 4.78 is 5.34. The first-order chi connectivity index (χ1) is 12.2. The number of nitrogens with zero attached hydrogens (tertiary/aromatic N) is 4. The fourth-order valence-electron chi connectivity index (χ4n) is 2.18. The van der Waals surface area contributed by atoms with Gasteiger partial charge in [0.05, 0.1) is 31.2 Å². The molecule has 128 valence electrons. The van der Waals surface area contributed by atoms with Gasteiger partial charge in [0.2, 0.25) is 5.95 Å². The molecule has 0 aliphatic carbocycles.